The molecule has 0 aliphatic carbocycles. The van der Waals surface area contributed by atoms with Crippen molar-refractivity contribution in [2.45, 2.75) is 32.4 Å². The summed E-state index contributed by atoms with van der Waals surface area (Å²) in [5.74, 6) is -3.43. The summed E-state index contributed by atoms with van der Waals surface area (Å²) >= 11 is 0. The highest BCUT2D eigenvalue weighted by molar-refractivity contribution is 6.76. The van der Waals surface area contributed by atoms with Gasteiger partial charge in [0.25, 0.3) is 0 Å². The molecular weight excluding hydrogens is 460 g/mol. The lowest BCUT2D eigenvalue weighted by atomic mass is 10.0. The first kappa shape index (κ1) is 23.7. The third-order valence-electron chi connectivity index (χ3n) is 5.37. The molecular formula is C23H25F2N5O3Si. The van der Waals surface area contributed by atoms with Gasteiger partial charge in [0.2, 0.25) is 0 Å². The van der Waals surface area contributed by atoms with Crippen LogP contribution in [0.3, 0.4) is 0 Å². The minimum Gasteiger partial charge on any atom is -0.478 e. The van der Waals surface area contributed by atoms with Crippen LogP contribution in [-0.4, -0.2) is 50.3 Å². The molecule has 0 saturated heterocycles. The number of benzene rings is 1. The van der Waals surface area contributed by atoms with E-state index in [2.05, 4.69) is 34.8 Å². The summed E-state index contributed by atoms with van der Waals surface area (Å²) in [6, 6.07) is 4.12. The third-order valence-corrected chi connectivity index (χ3v) is 7.07. The zero-order chi connectivity index (χ0) is 24.6. The summed E-state index contributed by atoms with van der Waals surface area (Å²) in [7, 11) is 0.535. The fourth-order valence-electron chi connectivity index (χ4n) is 3.53. The molecule has 0 unspecified atom stereocenters. The van der Waals surface area contributed by atoms with E-state index in [1.54, 1.807) is 34.9 Å². The molecule has 0 atom stereocenters. The third kappa shape index (κ3) is 4.90. The predicted octanol–water partition coefficient (Wildman–Crippen LogP) is 4.79. The van der Waals surface area contributed by atoms with Crippen molar-refractivity contribution >= 4 is 24.9 Å². The molecule has 4 rings (SSSR count). The molecule has 0 saturated carbocycles. The molecule has 178 valence electrons. The molecule has 0 spiro atoms. The van der Waals surface area contributed by atoms with Crippen LogP contribution in [0.2, 0.25) is 25.7 Å². The van der Waals surface area contributed by atoms with Gasteiger partial charge >= 0.3 is 5.97 Å². The van der Waals surface area contributed by atoms with Crippen LogP contribution in [0.1, 0.15) is 10.4 Å². The van der Waals surface area contributed by atoms with E-state index in [4.69, 9.17) is 9.84 Å². The van der Waals surface area contributed by atoms with Gasteiger partial charge in [-0.1, -0.05) is 19.6 Å². The summed E-state index contributed by atoms with van der Waals surface area (Å²) in [4.78, 5) is 15.4. The van der Waals surface area contributed by atoms with Gasteiger partial charge in [0, 0.05) is 38.9 Å². The maximum atomic E-state index is 14.7. The Morgan fingerprint density at radius 3 is 2.44 bits per heavy atom. The highest BCUT2D eigenvalue weighted by atomic mass is 28.3. The van der Waals surface area contributed by atoms with Crippen LogP contribution in [0.5, 0.6) is 0 Å². The SMILES string of the molecule is Cn1cc(-c2nn(COCC[Si](C)(C)C)c3cnc(-c4c(F)cc(C(=O)O)cc4F)cc23)cn1. The van der Waals surface area contributed by atoms with E-state index in [9.17, 15) is 13.6 Å². The second kappa shape index (κ2) is 9.07. The molecule has 0 aliphatic heterocycles. The van der Waals surface area contributed by atoms with Crippen LogP contribution in [0, 0.1) is 11.6 Å². The Hall–Kier alpha value is -3.44. The molecule has 34 heavy (non-hydrogen) atoms. The number of halogens is 2. The fraction of sp³-hybridized carbons (Fsp3) is 0.304. The number of nitrogens with zero attached hydrogens (tertiary/aromatic N) is 5. The first-order valence-corrected chi connectivity index (χ1v) is 14.4. The molecule has 0 amide bonds. The van der Waals surface area contributed by atoms with E-state index in [1.165, 1.54) is 6.20 Å². The highest BCUT2D eigenvalue weighted by Crippen LogP contribution is 2.33. The van der Waals surface area contributed by atoms with Crippen molar-refractivity contribution in [1.29, 1.82) is 0 Å². The summed E-state index contributed by atoms with van der Waals surface area (Å²) in [5.41, 5.74) is 1.10. The van der Waals surface area contributed by atoms with Gasteiger partial charge < -0.3 is 9.84 Å². The number of aromatic carboxylic acids is 1. The number of carboxylic acids is 1. The smallest absolute Gasteiger partial charge is 0.335 e. The molecule has 0 radical (unpaired) electrons. The van der Waals surface area contributed by atoms with E-state index in [-0.39, 0.29) is 12.4 Å². The van der Waals surface area contributed by atoms with Crippen molar-refractivity contribution in [1.82, 2.24) is 24.5 Å². The van der Waals surface area contributed by atoms with Gasteiger partial charge in [0.15, 0.2) is 0 Å². The van der Waals surface area contributed by atoms with Gasteiger partial charge in [-0.25, -0.2) is 18.3 Å². The van der Waals surface area contributed by atoms with E-state index in [0.717, 1.165) is 23.7 Å². The molecule has 0 fully saturated rings. The zero-order valence-electron chi connectivity index (χ0n) is 19.3. The van der Waals surface area contributed by atoms with E-state index in [0.29, 0.717) is 23.2 Å². The topological polar surface area (TPSA) is 95.1 Å². The first-order chi connectivity index (χ1) is 16.0. The molecule has 11 heteroatoms. The van der Waals surface area contributed by atoms with E-state index >= 15 is 0 Å². The lowest BCUT2D eigenvalue weighted by Gasteiger charge is -2.15. The average molecular weight is 486 g/mol. The maximum absolute atomic E-state index is 14.7. The molecule has 3 heterocycles. The summed E-state index contributed by atoms with van der Waals surface area (Å²) < 4.78 is 38.6. The quantitative estimate of drug-likeness (QED) is 0.285. The van der Waals surface area contributed by atoms with Crippen molar-refractivity contribution in [3.63, 3.8) is 0 Å². The van der Waals surface area contributed by atoms with Gasteiger partial charge in [-0.15, -0.1) is 0 Å². The van der Waals surface area contributed by atoms with Gasteiger partial charge in [-0.05, 0) is 24.2 Å². The van der Waals surface area contributed by atoms with Gasteiger partial charge in [-0.2, -0.15) is 10.2 Å². The largest absolute Gasteiger partial charge is 0.478 e. The van der Waals surface area contributed by atoms with Crippen molar-refractivity contribution in [2.24, 2.45) is 7.05 Å². The van der Waals surface area contributed by atoms with Crippen LogP contribution in [-0.2, 0) is 18.5 Å². The number of carbonyl (C=O) groups is 1. The Bertz CT molecular complexity index is 1350. The van der Waals surface area contributed by atoms with Crippen molar-refractivity contribution in [2.75, 3.05) is 6.61 Å². The number of rotatable bonds is 8. The Labute approximate surface area is 195 Å². The second-order valence-electron chi connectivity index (χ2n) is 9.31. The summed E-state index contributed by atoms with van der Waals surface area (Å²) in [5, 5.41) is 18.5. The van der Waals surface area contributed by atoms with Gasteiger partial charge in [0.1, 0.15) is 24.1 Å². The highest BCUT2D eigenvalue weighted by Gasteiger charge is 2.21. The van der Waals surface area contributed by atoms with Crippen LogP contribution in [0.4, 0.5) is 8.78 Å². The molecule has 1 aromatic carbocycles. The zero-order valence-corrected chi connectivity index (χ0v) is 20.3. The summed E-state index contributed by atoms with van der Waals surface area (Å²) in [6.45, 7) is 7.63. The lowest BCUT2D eigenvalue weighted by molar-refractivity contribution is 0.0695. The second-order valence-corrected chi connectivity index (χ2v) is 14.9. The molecule has 8 nitrogen and oxygen atoms in total. The number of hydrogen-bond acceptors (Lipinski definition) is 5. The first-order valence-electron chi connectivity index (χ1n) is 10.7. The number of fused-ring (bicyclic) bond motifs is 1. The van der Waals surface area contributed by atoms with Crippen molar-refractivity contribution < 1.29 is 23.4 Å². The minimum atomic E-state index is -1.41. The predicted molar refractivity (Wildman–Crippen MR) is 126 cm³/mol. The molecule has 1 N–H and O–H groups in total. The monoisotopic (exact) mass is 485 g/mol. The normalized spacial score (nSPS) is 11.9. The summed E-state index contributed by atoms with van der Waals surface area (Å²) in [6.07, 6.45) is 4.94. The number of aromatic nitrogens is 5. The van der Waals surface area contributed by atoms with Crippen LogP contribution in [0.15, 0.2) is 36.8 Å². The lowest BCUT2D eigenvalue weighted by Crippen LogP contribution is -2.22. The average Bonchev–Trinajstić information content (AvgIpc) is 3.33. The van der Waals surface area contributed by atoms with E-state index in [1.807, 2.05) is 0 Å². The molecule has 0 aliphatic rings. The van der Waals surface area contributed by atoms with Crippen LogP contribution < -0.4 is 0 Å². The van der Waals surface area contributed by atoms with Gasteiger partial charge in [-0.3, -0.25) is 9.67 Å². The molecule has 4 aromatic rings. The van der Waals surface area contributed by atoms with E-state index < -0.39 is 36.8 Å². The molecule has 0 bridgehead atoms. The number of hydrogen-bond donors (Lipinski definition) is 1. The minimum absolute atomic E-state index is 0.0313. The Morgan fingerprint density at radius 1 is 1.15 bits per heavy atom. The van der Waals surface area contributed by atoms with Crippen LogP contribution in [0.25, 0.3) is 33.4 Å². The van der Waals surface area contributed by atoms with Gasteiger partial charge in [0.05, 0.1) is 34.7 Å². The Morgan fingerprint density at radius 2 is 1.85 bits per heavy atom. The van der Waals surface area contributed by atoms with Crippen molar-refractivity contribution in [3.05, 3.63) is 54.0 Å². The fourth-order valence-corrected chi connectivity index (χ4v) is 4.29. The maximum Gasteiger partial charge on any atom is 0.335 e. The Balaban J connectivity index is 1.77. The Kier molecular flexibility index (Phi) is 6.32. The standard InChI is InChI=1S/C23H25F2N5O3Si/c1-29-12-15(10-27-29)22-16-9-19(21-17(24)7-14(23(31)32)8-18(21)25)26-11-20(16)30(28-22)13-33-5-6-34(2,3)4/h7-12H,5-6,13H2,1-4H3,(H,31,32). The number of aryl methyl sites for hydroxylation is 1. The number of pyridine rings is 1. The number of ether oxygens (including phenoxy) is 1. The number of carboxylic acid groups (broad SMARTS) is 1. The molecule has 3 aromatic heterocycles. The van der Waals surface area contributed by atoms with Crippen LogP contribution >= 0.6 is 0 Å². The van der Waals surface area contributed by atoms with Crippen molar-refractivity contribution in [3.8, 4) is 22.5 Å².